The first-order chi connectivity index (χ1) is 20.5. The van der Waals surface area contributed by atoms with Crippen molar-refractivity contribution < 1.29 is 27.1 Å². The lowest BCUT2D eigenvalue weighted by molar-refractivity contribution is -0.137. The third-order valence-electron chi connectivity index (χ3n) is 7.15. The van der Waals surface area contributed by atoms with E-state index in [-0.39, 0.29) is 23.4 Å². The fourth-order valence-corrected chi connectivity index (χ4v) is 4.79. The Labute approximate surface area is 245 Å². The van der Waals surface area contributed by atoms with E-state index in [1.165, 1.54) is 30.7 Å². The van der Waals surface area contributed by atoms with Crippen LogP contribution in [-0.2, 0) is 12.6 Å². The van der Waals surface area contributed by atoms with Crippen molar-refractivity contribution in [2.24, 2.45) is 0 Å². The van der Waals surface area contributed by atoms with Crippen LogP contribution < -0.4 is 15.0 Å². The number of likely N-dealkylation sites (N-methyl/N-ethyl adjacent to an activating group) is 1. The zero-order valence-corrected chi connectivity index (χ0v) is 23.7. The molecule has 4 aromatic rings. The highest BCUT2D eigenvalue weighted by atomic mass is 19.4. The molecule has 0 spiro atoms. The molecule has 1 saturated heterocycles. The fourth-order valence-electron chi connectivity index (χ4n) is 4.79. The Hall–Kier alpha value is -4.65. The molecule has 1 fully saturated rings. The molecule has 43 heavy (non-hydrogen) atoms. The second-order valence-corrected chi connectivity index (χ2v) is 10.2. The Morgan fingerprint density at radius 2 is 1.93 bits per heavy atom. The van der Waals surface area contributed by atoms with Crippen molar-refractivity contribution in [2.45, 2.75) is 32.0 Å². The molecule has 13 heteroatoms. The summed E-state index contributed by atoms with van der Waals surface area (Å²) >= 11 is 0. The Balaban J connectivity index is 1.44. The van der Waals surface area contributed by atoms with E-state index in [1.807, 2.05) is 30.8 Å². The van der Waals surface area contributed by atoms with Gasteiger partial charge in [0.25, 0.3) is 5.91 Å². The molecule has 0 aliphatic carbocycles. The summed E-state index contributed by atoms with van der Waals surface area (Å²) < 4.78 is 61.7. The topological polar surface area (TPSA) is 96.4 Å². The molecule has 0 radical (unpaired) electrons. The van der Waals surface area contributed by atoms with Crippen LogP contribution in [0.3, 0.4) is 0 Å². The number of halogens is 4. The normalized spacial score (nSPS) is 15.2. The molecule has 224 valence electrons. The summed E-state index contributed by atoms with van der Waals surface area (Å²) in [4.78, 5) is 34.2. The second-order valence-electron chi connectivity index (χ2n) is 10.2. The Morgan fingerprint density at radius 1 is 1.12 bits per heavy atom. The number of carbonyl (C=O) groups excluding carboxylic acids is 1. The first-order valence-electron chi connectivity index (χ1n) is 13.6. The predicted octanol–water partition coefficient (Wildman–Crippen LogP) is 5.84. The van der Waals surface area contributed by atoms with Gasteiger partial charge < -0.3 is 19.9 Å². The molecule has 2 aromatic heterocycles. The van der Waals surface area contributed by atoms with Crippen LogP contribution in [0.5, 0.6) is 11.6 Å². The Bertz CT molecular complexity index is 1630. The molecule has 2 aromatic carbocycles. The number of aromatic nitrogens is 4. The quantitative estimate of drug-likeness (QED) is 0.254. The minimum atomic E-state index is -4.63. The van der Waals surface area contributed by atoms with Crippen molar-refractivity contribution in [3.05, 3.63) is 83.8 Å². The van der Waals surface area contributed by atoms with Crippen LogP contribution >= 0.6 is 0 Å². The molecule has 1 atom stereocenters. The molecular formula is C30H29F4N7O2. The lowest BCUT2D eigenvalue weighted by Crippen LogP contribution is -2.31. The molecule has 9 nitrogen and oxygen atoms in total. The van der Waals surface area contributed by atoms with Crippen LogP contribution in [0.15, 0.2) is 61.1 Å². The number of nitrogens with zero attached hydrogens (tertiary/aromatic N) is 6. The van der Waals surface area contributed by atoms with Gasteiger partial charge in [-0.1, -0.05) is 6.92 Å². The van der Waals surface area contributed by atoms with E-state index >= 15 is 0 Å². The fraction of sp³-hybridized carbons (Fsp3) is 0.300. The molecule has 5 rings (SSSR count). The average Bonchev–Trinajstić information content (AvgIpc) is 3.48. The number of hydrogen-bond acceptors (Lipinski definition) is 8. The van der Waals surface area contributed by atoms with Gasteiger partial charge in [0.2, 0.25) is 5.88 Å². The van der Waals surface area contributed by atoms with Gasteiger partial charge in [-0.15, -0.1) is 0 Å². The molecule has 3 heterocycles. The van der Waals surface area contributed by atoms with Gasteiger partial charge in [-0.25, -0.2) is 24.3 Å². The number of rotatable bonds is 8. The average molecular weight is 596 g/mol. The number of benzene rings is 2. The van der Waals surface area contributed by atoms with Crippen LogP contribution in [0.1, 0.15) is 35.1 Å². The molecule has 0 saturated carbocycles. The van der Waals surface area contributed by atoms with Crippen LogP contribution in [0, 0.1) is 5.82 Å². The van der Waals surface area contributed by atoms with Gasteiger partial charge in [0.05, 0.1) is 28.1 Å². The van der Waals surface area contributed by atoms with Gasteiger partial charge in [0, 0.05) is 31.7 Å². The maximum atomic E-state index is 14.9. The highest BCUT2D eigenvalue weighted by Crippen LogP contribution is 2.37. The number of nitrogens with one attached hydrogen (secondary N) is 1. The van der Waals surface area contributed by atoms with Crippen LogP contribution in [0.25, 0.3) is 11.4 Å². The molecule has 1 amide bonds. The number of alkyl halides is 3. The lowest BCUT2D eigenvalue weighted by atomic mass is 10.1. The Morgan fingerprint density at radius 3 is 2.65 bits per heavy atom. The van der Waals surface area contributed by atoms with Gasteiger partial charge in [-0.05, 0) is 69.0 Å². The summed E-state index contributed by atoms with van der Waals surface area (Å²) in [6.07, 6.45) is -0.375. The van der Waals surface area contributed by atoms with E-state index < -0.39 is 29.0 Å². The van der Waals surface area contributed by atoms with Crippen LogP contribution in [-0.4, -0.2) is 64.0 Å². The number of hydrogen-bond donors (Lipinski definition) is 1. The number of ether oxygens (including phenoxy) is 1. The minimum absolute atomic E-state index is 0.0708. The number of amides is 1. The van der Waals surface area contributed by atoms with Crippen molar-refractivity contribution >= 4 is 17.3 Å². The molecule has 1 aliphatic heterocycles. The first-order valence-corrected chi connectivity index (χ1v) is 13.6. The summed E-state index contributed by atoms with van der Waals surface area (Å²) in [5.74, 6) is -0.727. The third kappa shape index (κ3) is 6.72. The summed E-state index contributed by atoms with van der Waals surface area (Å²) in [6.45, 7) is 3.05. The SMILES string of the molecule is CCc1ncnc(-c2cccnc2Oc2ccc(F)c(C(=O)Nc3cc(C(F)(F)F)ccc3N3CC[C@H](N(C)C)C3)c2)n1. The number of aryl methyl sites for hydroxylation is 1. The smallest absolute Gasteiger partial charge is 0.416 e. The van der Waals surface area contributed by atoms with Crippen LogP contribution in [0.4, 0.5) is 28.9 Å². The molecule has 1 aliphatic rings. The van der Waals surface area contributed by atoms with Gasteiger partial charge in [0.15, 0.2) is 5.82 Å². The summed E-state index contributed by atoms with van der Waals surface area (Å²) in [5, 5.41) is 2.51. The van der Waals surface area contributed by atoms with Gasteiger partial charge in [-0.3, -0.25) is 4.79 Å². The highest BCUT2D eigenvalue weighted by Gasteiger charge is 2.33. The van der Waals surface area contributed by atoms with E-state index in [2.05, 4.69) is 25.3 Å². The highest BCUT2D eigenvalue weighted by molar-refractivity contribution is 6.06. The molecular weight excluding hydrogens is 566 g/mol. The van der Waals surface area contributed by atoms with E-state index in [0.717, 1.165) is 24.6 Å². The second kappa shape index (κ2) is 12.3. The first kappa shape index (κ1) is 29.8. The van der Waals surface area contributed by atoms with Crippen molar-refractivity contribution in [3.63, 3.8) is 0 Å². The number of pyridine rings is 1. The van der Waals surface area contributed by atoms with Crippen LogP contribution in [0.2, 0.25) is 0 Å². The molecule has 1 N–H and O–H groups in total. The van der Waals surface area contributed by atoms with Crippen molar-refractivity contribution in [1.82, 2.24) is 24.8 Å². The van der Waals surface area contributed by atoms with Gasteiger partial charge in [-0.2, -0.15) is 13.2 Å². The van der Waals surface area contributed by atoms with Crippen molar-refractivity contribution in [3.8, 4) is 23.0 Å². The monoisotopic (exact) mass is 595 g/mol. The summed E-state index contributed by atoms with van der Waals surface area (Å²) in [6, 6.07) is 10.3. The van der Waals surface area contributed by atoms with E-state index in [0.29, 0.717) is 42.4 Å². The number of carbonyl (C=O) groups is 1. The Kier molecular flexibility index (Phi) is 8.53. The third-order valence-corrected chi connectivity index (χ3v) is 7.15. The van der Waals surface area contributed by atoms with E-state index in [1.54, 1.807) is 12.1 Å². The maximum Gasteiger partial charge on any atom is 0.416 e. The largest absolute Gasteiger partial charge is 0.438 e. The number of anilines is 2. The van der Waals surface area contributed by atoms with E-state index in [9.17, 15) is 22.4 Å². The zero-order chi connectivity index (χ0) is 30.7. The van der Waals surface area contributed by atoms with Crippen molar-refractivity contribution in [1.29, 1.82) is 0 Å². The predicted molar refractivity (Wildman–Crippen MR) is 153 cm³/mol. The minimum Gasteiger partial charge on any atom is -0.438 e. The van der Waals surface area contributed by atoms with Gasteiger partial charge >= 0.3 is 6.18 Å². The standard InChI is InChI=1S/C30H29F4N7O2/c1-4-26-36-17-37-27(39-26)21-6-5-12-35-29(21)43-20-8-9-23(31)22(15-20)28(42)38-24-14-18(30(32,33)34)7-10-25(24)41-13-11-19(16-41)40(2)3/h5-10,12,14-15,17,19H,4,11,13,16H2,1-3H3,(H,38,42)/t19-/m0/s1. The molecule has 0 unspecified atom stereocenters. The summed E-state index contributed by atoms with van der Waals surface area (Å²) in [7, 11) is 3.86. The van der Waals surface area contributed by atoms with E-state index in [4.69, 9.17) is 4.74 Å². The van der Waals surface area contributed by atoms with Gasteiger partial charge in [0.1, 0.15) is 23.7 Å². The summed E-state index contributed by atoms with van der Waals surface area (Å²) in [5.41, 5.74) is -0.553. The lowest BCUT2D eigenvalue weighted by Gasteiger charge is -2.25. The van der Waals surface area contributed by atoms with Crippen molar-refractivity contribution in [2.75, 3.05) is 37.4 Å². The molecule has 0 bridgehead atoms. The maximum absolute atomic E-state index is 14.9. The zero-order valence-electron chi connectivity index (χ0n) is 23.7.